The van der Waals surface area contributed by atoms with E-state index in [9.17, 15) is 18.0 Å². The van der Waals surface area contributed by atoms with Crippen LogP contribution in [0.4, 0.5) is 24.7 Å². The van der Waals surface area contributed by atoms with Crippen LogP contribution in [0.5, 0.6) is 0 Å². The maximum absolute atomic E-state index is 13.7. The molecule has 11 heteroatoms. The Morgan fingerprint density at radius 3 is 2.92 bits per heavy atom. The van der Waals surface area contributed by atoms with Gasteiger partial charge in [0.1, 0.15) is 17.3 Å². The molecular weight excluding hydrogens is 509 g/mol. The van der Waals surface area contributed by atoms with Crippen molar-refractivity contribution in [2.24, 2.45) is 0 Å². The van der Waals surface area contributed by atoms with E-state index >= 15 is 0 Å². The lowest BCUT2D eigenvalue weighted by molar-refractivity contribution is 0.0961. The molecule has 1 aromatic carbocycles. The van der Waals surface area contributed by atoms with Crippen LogP contribution in [0.1, 0.15) is 39.5 Å². The molecule has 1 fully saturated rings. The van der Waals surface area contributed by atoms with Gasteiger partial charge in [-0.05, 0) is 42.8 Å². The van der Waals surface area contributed by atoms with Gasteiger partial charge in [0.05, 0.1) is 42.0 Å². The summed E-state index contributed by atoms with van der Waals surface area (Å²) >= 11 is 0. The number of alkyl halides is 2. The predicted molar refractivity (Wildman–Crippen MR) is 140 cm³/mol. The smallest absolute Gasteiger partial charge is 0.254 e. The van der Waals surface area contributed by atoms with Gasteiger partial charge in [-0.1, -0.05) is 12.1 Å². The van der Waals surface area contributed by atoms with Crippen LogP contribution in [0, 0.1) is 5.82 Å². The van der Waals surface area contributed by atoms with E-state index in [2.05, 4.69) is 15.6 Å². The van der Waals surface area contributed by atoms with Gasteiger partial charge < -0.3 is 15.4 Å². The number of hydrogen-bond acceptors (Lipinski definition) is 6. The molecule has 0 aliphatic carbocycles. The van der Waals surface area contributed by atoms with E-state index in [-0.39, 0.29) is 30.7 Å². The van der Waals surface area contributed by atoms with Gasteiger partial charge in [-0.25, -0.2) is 23.1 Å². The fourth-order valence-electron chi connectivity index (χ4n) is 5.40. The van der Waals surface area contributed by atoms with Crippen LogP contribution in [0.25, 0.3) is 16.9 Å². The number of anilines is 2. The van der Waals surface area contributed by atoms with Crippen molar-refractivity contribution >= 4 is 23.1 Å². The molecule has 6 rings (SSSR count). The molecule has 2 N–H and O–H groups in total. The summed E-state index contributed by atoms with van der Waals surface area (Å²) in [4.78, 5) is 23.6. The highest BCUT2D eigenvalue weighted by Gasteiger charge is 2.28. The topological polar surface area (TPSA) is 83.8 Å². The molecule has 1 atom stereocenters. The van der Waals surface area contributed by atoms with Crippen LogP contribution >= 0.6 is 0 Å². The van der Waals surface area contributed by atoms with Crippen LogP contribution in [-0.4, -0.2) is 58.4 Å². The summed E-state index contributed by atoms with van der Waals surface area (Å²) in [5.74, 6) is 0.0821. The van der Waals surface area contributed by atoms with Gasteiger partial charge in [0.15, 0.2) is 0 Å². The molecule has 2 aliphatic rings. The van der Waals surface area contributed by atoms with Crippen LogP contribution in [0.2, 0.25) is 0 Å². The Bertz CT molecular complexity index is 1550. The molecule has 3 aromatic heterocycles. The molecule has 0 unspecified atom stereocenters. The number of hydrogen-bond donors (Lipinski definition) is 2. The highest BCUT2D eigenvalue weighted by Crippen LogP contribution is 2.36. The molecule has 202 valence electrons. The first kappa shape index (κ1) is 25.3. The molecule has 1 amide bonds. The second-order valence-electron chi connectivity index (χ2n) is 9.92. The third-order valence-corrected chi connectivity index (χ3v) is 7.23. The summed E-state index contributed by atoms with van der Waals surface area (Å²) in [5, 5.41) is 6.17. The normalized spacial score (nSPS) is 16.9. The monoisotopic (exact) mass is 536 g/mol. The van der Waals surface area contributed by atoms with Crippen LogP contribution in [-0.2, 0) is 17.8 Å². The molecule has 1 saturated heterocycles. The third kappa shape index (κ3) is 4.95. The number of benzene rings is 1. The Labute approximate surface area is 222 Å². The predicted octanol–water partition coefficient (Wildman–Crippen LogP) is 4.72. The minimum atomic E-state index is -2.44. The summed E-state index contributed by atoms with van der Waals surface area (Å²) in [7, 11) is 1.65. The average molecular weight is 537 g/mol. The molecular formula is C28H27F3N6O2. The number of ether oxygens (including phenoxy) is 1. The number of amides is 1. The van der Waals surface area contributed by atoms with E-state index in [0.717, 1.165) is 28.8 Å². The van der Waals surface area contributed by atoms with Crippen molar-refractivity contribution < 1.29 is 22.7 Å². The lowest BCUT2D eigenvalue weighted by atomic mass is 9.96. The number of nitrogens with zero attached hydrogens (tertiary/aromatic N) is 4. The van der Waals surface area contributed by atoms with Crippen molar-refractivity contribution in [1.82, 2.24) is 24.6 Å². The molecule has 8 nitrogen and oxygen atoms in total. The number of aromatic nitrogens is 3. The summed E-state index contributed by atoms with van der Waals surface area (Å²) in [6.45, 7) is 1.48. The van der Waals surface area contributed by atoms with Gasteiger partial charge in [-0.15, -0.1) is 0 Å². The molecule has 4 aromatic rings. The number of pyridine rings is 2. The van der Waals surface area contributed by atoms with Crippen LogP contribution < -0.4 is 10.6 Å². The van der Waals surface area contributed by atoms with Gasteiger partial charge in [0.25, 0.3) is 12.3 Å². The lowest BCUT2D eigenvalue weighted by Gasteiger charge is -2.21. The van der Waals surface area contributed by atoms with E-state index in [4.69, 9.17) is 9.72 Å². The number of carbonyl (C=O) groups is 1. The average Bonchev–Trinajstić information content (AvgIpc) is 3.65. The fourth-order valence-corrected chi connectivity index (χ4v) is 5.40. The zero-order valence-corrected chi connectivity index (χ0v) is 21.3. The molecule has 5 heterocycles. The molecule has 0 radical (unpaired) electrons. The van der Waals surface area contributed by atoms with Gasteiger partial charge >= 0.3 is 0 Å². The number of halogens is 3. The second-order valence-corrected chi connectivity index (χ2v) is 9.92. The van der Waals surface area contributed by atoms with E-state index in [1.54, 1.807) is 28.7 Å². The van der Waals surface area contributed by atoms with Crippen LogP contribution in [0.3, 0.4) is 0 Å². The lowest BCUT2D eigenvalue weighted by Crippen LogP contribution is -2.25. The molecule has 2 aliphatic heterocycles. The van der Waals surface area contributed by atoms with E-state index in [1.807, 2.05) is 24.3 Å². The first-order valence-electron chi connectivity index (χ1n) is 12.8. The summed E-state index contributed by atoms with van der Waals surface area (Å²) in [6.07, 6.45) is 1.69. The van der Waals surface area contributed by atoms with Gasteiger partial charge in [-0.2, -0.15) is 0 Å². The summed E-state index contributed by atoms with van der Waals surface area (Å²) in [6, 6.07) is 10.2. The quantitative estimate of drug-likeness (QED) is 0.339. The van der Waals surface area contributed by atoms with Crippen molar-refractivity contribution in [3.8, 4) is 11.3 Å². The zero-order valence-electron chi connectivity index (χ0n) is 21.3. The van der Waals surface area contributed by atoms with Crippen molar-refractivity contribution in [2.75, 3.05) is 32.1 Å². The van der Waals surface area contributed by atoms with Gasteiger partial charge in [-0.3, -0.25) is 14.1 Å². The second kappa shape index (κ2) is 10.3. The number of fused-ring (bicyclic) bond motifs is 2. The minimum absolute atomic E-state index is 0.162. The van der Waals surface area contributed by atoms with E-state index < -0.39 is 6.43 Å². The number of rotatable bonds is 8. The van der Waals surface area contributed by atoms with Crippen molar-refractivity contribution in [3.63, 3.8) is 0 Å². The first-order valence-corrected chi connectivity index (χ1v) is 12.8. The minimum Gasteiger partial charge on any atom is -0.381 e. The maximum atomic E-state index is 13.7. The van der Waals surface area contributed by atoms with Gasteiger partial charge in [0, 0.05) is 43.4 Å². The summed E-state index contributed by atoms with van der Waals surface area (Å²) in [5.41, 5.74) is 5.60. The highest BCUT2D eigenvalue weighted by atomic mass is 19.3. The number of carbonyl (C=O) groups excluding carboxylic acids is 1. The molecule has 0 bridgehead atoms. The van der Waals surface area contributed by atoms with Crippen molar-refractivity contribution in [3.05, 3.63) is 77.0 Å². The van der Waals surface area contributed by atoms with Crippen molar-refractivity contribution in [1.29, 1.82) is 0 Å². The number of nitrogens with one attached hydrogen (secondary N) is 2. The SMILES string of the molecule is CN(Cc1nc(Nc2ccc(-c3cnc4cc(F)ccn34)c3c2C(=O)NC3)ccc1[C@H]1CCOC1)CC(F)F. The Kier molecular flexibility index (Phi) is 6.69. The Morgan fingerprint density at radius 2 is 2.13 bits per heavy atom. The Hall–Kier alpha value is -3.96. The largest absolute Gasteiger partial charge is 0.381 e. The Balaban J connectivity index is 1.35. The zero-order chi connectivity index (χ0) is 27.1. The number of imidazole rings is 1. The fraction of sp³-hybridized carbons (Fsp3) is 0.321. The Morgan fingerprint density at radius 1 is 1.26 bits per heavy atom. The van der Waals surface area contributed by atoms with Crippen molar-refractivity contribution in [2.45, 2.75) is 31.9 Å². The molecule has 0 saturated carbocycles. The van der Waals surface area contributed by atoms with Gasteiger partial charge in [0.2, 0.25) is 0 Å². The maximum Gasteiger partial charge on any atom is 0.254 e. The first-order chi connectivity index (χ1) is 18.9. The summed E-state index contributed by atoms with van der Waals surface area (Å²) < 4.78 is 47.0. The highest BCUT2D eigenvalue weighted by molar-refractivity contribution is 6.06. The standard InChI is InChI=1S/C28H27F3N6O2/c1-36(14-24(30)31)13-22-18(16-7-9-39-15-16)3-5-25(35-22)34-21-4-2-19(20-11-33-28(38)27(20)21)23-12-32-26-10-17(29)6-8-37(23)26/h2-6,8,10,12,16,24H,7,9,11,13-15H2,1H3,(H,33,38)(H,34,35)/t16-/m0/s1. The molecule has 0 spiro atoms. The van der Waals surface area contributed by atoms with E-state index in [1.165, 1.54) is 12.1 Å². The van der Waals surface area contributed by atoms with E-state index in [0.29, 0.717) is 48.2 Å². The third-order valence-electron chi connectivity index (χ3n) is 7.23. The van der Waals surface area contributed by atoms with Crippen LogP contribution in [0.15, 0.2) is 48.8 Å². The molecule has 39 heavy (non-hydrogen) atoms.